The molecule has 148 valence electrons. The van der Waals surface area contributed by atoms with E-state index in [9.17, 15) is 5.11 Å². The van der Waals surface area contributed by atoms with Crippen LogP contribution in [0.4, 0.5) is 11.8 Å². The highest BCUT2D eigenvalue weighted by Gasteiger charge is 2.17. The Morgan fingerprint density at radius 3 is 2.33 bits per heavy atom. The van der Waals surface area contributed by atoms with E-state index in [-0.39, 0.29) is 36.6 Å². The molecule has 2 rings (SSSR count). The lowest BCUT2D eigenvalue weighted by atomic mass is 10.0. The van der Waals surface area contributed by atoms with E-state index in [1.54, 1.807) is 20.3 Å². The van der Waals surface area contributed by atoms with Crippen LogP contribution < -0.4 is 25.3 Å². The van der Waals surface area contributed by atoms with Gasteiger partial charge in [-0.3, -0.25) is 0 Å². The van der Waals surface area contributed by atoms with Gasteiger partial charge in [0.15, 0.2) is 23.1 Å². The molecule has 0 fully saturated rings. The molecule has 2 aromatic rings. The minimum atomic E-state index is -0.911. The fourth-order valence-corrected chi connectivity index (χ4v) is 2.36. The van der Waals surface area contributed by atoms with Crippen LogP contribution in [0.3, 0.4) is 0 Å². The summed E-state index contributed by atoms with van der Waals surface area (Å²) in [7, 11) is 3.13. The number of nitrogens with one attached hydrogen (secondary N) is 1. The first-order valence-electron chi connectivity index (χ1n) is 8.48. The average Bonchev–Trinajstić information content (AvgIpc) is 2.67. The van der Waals surface area contributed by atoms with Gasteiger partial charge in [-0.25, -0.2) is 4.98 Å². The molecule has 0 spiro atoms. The molecule has 1 aromatic carbocycles. The number of aliphatic hydroxyl groups excluding tert-OH is 2. The first-order valence-corrected chi connectivity index (χ1v) is 8.48. The number of benzene rings is 1. The second-order valence-electron chi connectivity index (χ2n) is 6.16. The summed E-state index contributed by atoms with van der Waals surface area (Å²) in [5.41, 5.74) is 6.89. The van der Waals surface area contributed by atoms with E-state index in [0.717, 1.165) is 5.56 Å². The van der Waals surface area contributed by atoms with Crippen molar-refractivity contribution >= 4 is 11.8 Å². The lowest BCUT2D eigenvalue weighted by Crippen LogP contribution is -2.23. The third-order valence-electron chi connectivity index (χ3n) is 3.85. The van der Waals surface area contributed by atoms with E-state index >= 15 is 0 Å². The number of anilines is 2. The second-order valence-corrected chi connectivity index (χ2v) is 6.16. The van der Waals surface area contributed by atoms with Crippen molar-refractivity contribution in [2.45, 2.75) is 25.9 Å². The molecule has 5 N–H and O–H groups in total. The Kier molecular flexibility index (Phi) is 7.03. The number of hydrogen-bond donors (Lipinski definition) is 4. The van der Waals surface area contributed by atoms with Gasteiger partial charge in [0.1, 0.15) is 5.75 Å². The highest BCUT2D eigenvalue weighted by molar-refractivity contribution is 5.55. The summed E-state index contributed by atoms with van der Waals surface area (Å²) in [6.07, 6.45) is 0.530. The summed E-state index contributed by atoms with van der Waals surface area (Å²) in [5.74, 6) is 2.53. The van der Waals surface area contributed by atoms with E-state index in [2.05, 4.69) is 15.3 Å². The Hall–Kier alpha value is -2.78. The van der Waals surface area contributed by atoms with Crippen LogP contribution in [0.2, 0.25) is 0 Å². The number of aliphatic hydroxyl groups is 2. The molecule has 0 saturated heterocycles. The number of nitrogens with zero attached hydrogens (tertiary/aromatic N) is 2. The Morgan fingerprint density at radius 1 is 1.11 bits per heavy atom. The van der Waals surface area contributed by atoms with E-state index in [1.807, 2.05) is 19.9 Å². The smallest absolute Gasteiger partial charge is 0.224 e. The molecule has 27 heavy (non-hydrogen) atoms. The molecule has 1 heterocycles. The monoisotopic (exact) mass is 378 g/mol. The van der Waals surface area contributed by atoms with Crippen molar-refractivity contribution in [1.82, 2.24) is 9.97 Å². The predicted molar refractivity (Wildman–Crippen MR) is 102 cm³/mol. The summed E-state index contributed by atoms with van der Waals surface area (Å²) in [5, 5.41) is 21.0. The van der Waals surface area contributed by atoms with Crippen LogP contribution in [0.25, 0.3) is 0 Å². The molecule has 0 amide bonds. The van der Waals surface area contributed by atoms with Crippen LogP contribution in [0.15, 0.2) is 18.3 Å². The van der Waals surface area contributed by atoms with Gasteiger partial charge in [0.25, 0.3) is 0 Å². The molecule has 1 unspecified atom stereocenters. The van der Waals surface area contributed by atoms with Gasteiger partial charge in [0.2, 0.25) is 5.95 Å². The summed E-state index contributed by atoms with van der Waals surface area (Å²) in [6.45, 7) is 3.81. The Balaban J connectivity index is 2.28. The summed E-state index contributed by atoms with van der Waals surface area (Å²) < 4.78 is 16.6. The van der Waals surface area contributed by atoms with Crippen LogP contribution >= 0.6 is 0 Å². The van der Waals surface area contributed by atoms with Crippen molar-refractivity contribution < 1.29 is 24.4 Å². The van der Waals surface area contributed by atoms with Gasteiger partial charge < -0.3 is 35.5 Å². The minimum Gasteiger partial charge on any atom is -0.493 e. The normalized spacial score (nSPS) is 12.0. The molecule has 0 saturated carbocycles. The number of ether oxygens (including phenoxy) is 3. The number of hydrogen-bond acceptors (Lipinski definition) is 9. The highest BCUT2D eigenvalue weighted by Crippen LogP contribution is 2.40. The second kappa shape index (κ2) is 9.24. The van der Waals surface area contributed by atoms with Gasteiger partial charge in [-0.05, 0) is 12.0 Å². The lowest BCUT2D eigenvalue weighted by Gasteiger charge is -2.18. The quantitative estimate of drug-likeness (QED) is 0.515. The van der Waals surface area contributed by atoms with E-state index in [4.69, 9.17) is 25.1 Å². The first-order chi connectivity index (χ1) is 12.9. The molecular formula is C18H26N4O5. The zero-order valence-electron chi connectivity index (χ0n) is 15.9. The van der Waals surface area contributed by atoms with Gasteiger partial charge in [-0.1, -0.05) is 13.8 Å². The first kappa shape index (κ1) is 20.5. The summed E-state index contributed by atoms with van der Waals surface area (Å²) >= 11 is 0. The Labute approximate surface area is 158 Å². The van der Waals surface area contributed by atoms with Crippen molar-refractivity contribution in [3.05, 3.63) is 23.9 Å². The predicted octanol–water partition coefficient (Wildman–Crippen LogP) is 1.76. The van der Waals surface area contributed by atoms with Crippen LogP contribution in [0, 0.1) is 0 Å². The largest absolute Gasteiger partial charge is 0.493 e. The Morgan fingerprint density at radius 2 is 1.78 bits per heavy atom. The van der Waals surface area contributed by atoms with Crippen LogP contribution in [0.1, 0.15) is 25.3 Å². The summed E-state index contributed by atoms with van der Waals surface area (Å²) in [6, 6.07) is 3.60. The van der Waals surface area contributed by atoms with E-state index in [0.29, 0.717) is 17.2 Å². The number of methoxy groups -OCH3 is 2. The molecule has 9 heteroatoms. The molecule has 0 aliphatic rings. The molecule has 0 aliphatic carbocycles. The van der Waals surface area contributed by atoms with Crippen molar-refractivity contribution in [2.24, 2.45) is 0 Å². The van der Waals surface area contributed by atoms with Gasteiger partial charge in [-0.2, -0.15) is 4.98 Å². The lowest BCUT2D eigenvalue weighted by molar-refractivity contribution is 0.105. The van der Waals surface area contributed by atoms with Crippen molar-refractivity contribution in [3.63, 3.8) is 0 Å². The van der Waals surface area contributed by atoms with Crippen molar-refractivity contribution in [3.8, 4) is 23.0 Å². The highest BCUT2D eigenvalue weighted by atomic mass is 16.5. The van der Waals surface area contributed by atoms with Gasteiger partial charge >= 0.3 is 0 Å². The standard InChI is InChI=1S/C18H26N4O5/c1-10(2)12-5-14(25-3)15(26-4)6-13(12)27-16-8-21-18(22-17(16)19)20-7-11(24)9-23/h5-6,8,10-11,23-24H,7,9H2,1-4H3,(H3,19,20,21,22). The fourth-order valence-electron chi connectivity index (χ4n) is 2.36. The maximum atomic E-state index is 9.37. The number of aromatic nitrogens is 2. The molecule has 0 aliphatic heterocycles. The van der Waals surface area contributed by atoms with Crippen LogP contribution in [0.5, 0.6) is 23.0 Å². The fraction of sp³-hybridized carbons (Fsp3) is 0.444. The third-order valence-corrected chi connectivity index (χ3v) is 3.85. The van der Waals surface area contributed by atoms with E-state index < -0.39 is 6.10 Å². The molecule has 1 atom stereocenters. The zero-order valence-corrected chi connectivity index (χ0v) is 15.9. The minimum absolute atomic E-state index is 0.101. The zero-order chi connectivity index (χ0) is 20.0. The number of nitrogens with two attached hydrogens (primary N) is 1. The maximum absolute atomic E-state index is 9.37. The van der Waals surface area contributed by atoms with Gasteiger partial charge in [0.05, 0.1) is 33.1 Å². The van der Waals surface area contributed by atoms with E-state index in [1.165, 1.54) is 6.20 Å². The molecule has 1 aromatic heterocycles. The summed E-state index contributed by atoms with van der Waals surface area (Å²) in [4.78, 5) is 8.23. The number of rotatable bonds is 9. The van der Waals surface area contributed by atoms with Crippen molar-refractivity contribution in [1.29, 1.82) is 0 Å². The molecule has 0 bridgehead atoms. The average molecular weight is 378 g/mol. The molecule has 0 radical (unpaired) electrons. The van der Waals surface area contributed by atoms with Crippen LogP contribution in [-0.2, 0) is 0 Å². The van der Waals surface area contributed by atoms with Crippen molar-refractivity contribution in [2.75, 3.05) is 38.4 Å². The number of nitrogen functional groups attached to an aromatic ring is 1. The Bertz CT molecular complexity index is 770. The molecule has 9 nitrogen and oxygen atoms in total. The van der Waals surface area contributed by atoms with Crippen LogP contribution in [-0.4, -0.2) is 53.7 Å². The maximum Gasteiger partial charge on any atom is 0.224 e. The third kappa shape index (κ3) is 5.11. The van der Waals surface area contributed by atoms with Gasteiger partial charge in [0, 0.05) is 18.2 Å². The SMILES string of the molecule is COc1cc(Oc2cnc(NCC(O)CO)nc2N)c(C(C)C)cc1OC. The topological polar surface area (TPSA) is 132 Å². The van der Waals surface area contributed by atoms with Gasteiger partial charge in [-0.15, -0.1) is 0 Å². The molecular weight excluding hydrogens is 352 g/mol.